The average molecular weight is 202 g/mol. The first-order valence-electron chi connectivity index (χ1n) is 4.51. The van der Waals surface area contributed by atoms with E-state index in [1.54, 1.807) is 36.0 Å². The van der Waals surface area contributed by atoms with Crippen LogP contribution >= 0.6 is 0 Å². The van der Waals surface area contributed by atoms with Gasteiger partial charge < -0.3 is 5.11 Å². The lowest BCUT2D eigenvalue weighted by Crippen LogP contribution is -2.00. The van der Waals surface area contributed by atoms with Crippen LogP contribution in [0.4, 0.5) is 0 Å². The molecule has 1 aromatic heterocycles. The minimum absolute atomic E-state index is 0.207. The van der Waals surface area contributed by atoms with Crippen LogP contribution in [-0.2, 0) is 0 Å². The maximum atomic E-state index is 10.7. The number of aromatic nitrogens is 2. The van der Waals surface area contributed by atoms with Gasteiger partial charge in [0.15, 0.2) is 12.1 Å². The van der Waals surface area contributed by atoms with Crippen LogP contribution in [-0.4, -0.2) is 20.9 Å². The zero-order valence-electron chi connectivity index (χ0n) is 8.21. The van der Waals surface area contributed by atoms with Gasteiger partial charge >= 0.3 is 0 Å². The summed E-state index contributed by atoms with van der Waals surface area (Å²) >= 11 is 0. The van der Waals surface area contributed by atoms with E-state index in [-0.39, 0.29) is 5.75 Å². The predicted molar refractivity (Wildman–Crippen MR) is 55.4 cm³/mol. The van der Waals surface area contributed by atoms with Crippen molar-refractivity contribution in [2.24, 2.45) is 0 Å². The topological polar surface area (TPSA) is 55.1 Å². The number of hydrogen-bond donors (Lipinski definition) is 1. The third-order valence-corrected chi connectivity index (χ3v) is 2.31. The van der Waals surface area contributed by atoms with Gasteiger partial charge in [-0.15, -0.1) is 0 Å². The smallest absolute Gasteiger partial charge is 0.185 e. The van der Waals surface area contributed by atoms with Crippen LogP contribution in [0.15, 0.2) is 30.6 Å². The molecule has 1 heterocycles. The number of hydrogen-bond acceptors (Lipinski definition) is 3. The summed E-state index contributed by atoms with van der Waals surface area (Å²) in [5, 5.41) is 9.54. The molecule has 0 unspecified atom stereocenters. The Hall–Kier alpha value is -2.10. The van der Waals surface area contributed by atoms with Crippen molar-refractivity contribution in [2.75, 3.05) is 0 Å². The number of carbonyl (C=O) groups is 1. The summed E-state index contributed by atoms with van der Waals surface area (Å²) in [6, 6.07) is 5.16. The maximum Gasteiger partial charge on any atom is 0.185 e. The number of benzene rings is 1. The van der Waals surface area contributed by atoms with E-state index in [0.717, 1.165) is 11.3 Å². The monoisotopic (exact) mass is 202 g/mol. The molecule has 2 rings (SSSR count). The second-order valence-electron chi connectivity index (χ2n) is 3.19. The van der Waals surface area contributed by atoms with Crippen LogP contribution in [0.5, 0.6) is 5.75 Å². The molecule has 4 heteroatoms. The summed E-state index contributed by atoms with van der Waals surface area (Å²) in [4.78, 5) is 14.6. The lowest BCUT2D eigenvalue weighted by atomic mass is 10.2. The fraction of sp³-hybridized carbons (Fsp3) is 0.0909. The van der Waals surface area contributed by atoms with Gasteiger partial charge in [-0.3, -0.25) is 9.36 Å². The van der Waals surface area contributed by atoms with E-state index in [1.807, 2.05) is 6.07 Å². The van der Waals surface area contributed by atoms with Gasteiger partial charge in [-0.2, -0.15) is 0 Å². The molecule has 0 bridgehead atoms. The van der Waals surface area contributed by atoms with Crippen molar-refractivity contribution in [3.63, 3.8) is 0 Å². The second kappa shape index (κ2) is 3.57. The number of aromatic hydroxyl groups is 1. The zero-order valence-corrected chi connectivity index (χ0v) is 8.21. The van der Waals surface area contributed by atoms with Gasteiger partial charge in [0.25, 0.3) is 0 Å². The Bertz CT molecular complexity index is 503. The quantitative estimate of drug-likeness (QED) is 0.754. The summed E-state index contributed by atoms with van der Waals surface area (Å²) in [5.74, 6) is 0.529. The second-order valence-corrected chi connectivity index (χ2v) is 3.19. The number of phenols is 1. The molecule has 1 aromatic carbocycles. The van der Waals surface area contributed by atoms with Crippen LogP contribution < -0.4 is 0 Å². The summed E-state index contributed by atoms with van der Waals surface area (Å²) in [7, 11) is 0. The molecule has 76 valence electrons. The highest BCUT2D eigenvalue weighted by Gasteiger charge is 2.08. The predicted octanol–water partition coefficient (Wildman–Crippen LogP) is 1.70. The summed E-state index contributed by atoms with van der Waals surface area (Å²) in [6.45, 7) is 1.79. The number of rotatable bonds is 2. The Morgan fingerprint density at radius 1 is 1.47 bits per heavy atom. The van der Waals surface area contributed by atoms with Crippen molar-refractivity contribution < 1.29 is 9.90 Å². The first-order valence-corrected chi connectivity index (χ1v) is 4.51. The van der Waals surface area contributed by atoms with Gasteiger partial charge in [-0.05, 0) is 19.1 Å². The van der Waals surface area contributed by atoms with E-state index >= 15 is 0 Å². The number of phenolic OH excluding ortho intramolecular Hbond substituents is 1. The van der Waals surface area contributed by atoms with Crippen molar-refractivity contribution in [3.05, 3.63) is 42.0 Å². The van der Waals surface area contributed by atoms with E-state index in [9.17, 15) is 9.90 Å². The zero-order chi connectivity index (χ0) is 10.8. The van der Waals surface area contributed by atoms with Crippen molar-refractivity contribution in [1.29, 1.82) is 0 Å². The molecule has 2 aromatic rings. The van der Waals surface area contributed by atoms with Crippen molar-refractivity contribution in [2.45, 2.75) is 6.92 Å². The molecule has 15 heavy (non-hydrogen) atoms. The summed E-state index contributed by atoms with van der Waals surface area (Å²) < 4.78 is 1.64. The molecule has 0 aliphatic rings. The molecular formula is C11H10N2O2. The lowest BCUT2D eigenvalue weighted by molar-refractivity contribution is 0.111. The van der Waals surface area contributed by atoms with E-state index in [1.165, 1.54) is 0 Å². The Labute approximate surface area is 86.8 Å². The maximum absolute atomic E-state index is 10.7. The number of aldehydes is 1. The SMILES string of the molecule is Cc1c(O)cccc1-n1ccnc1C=O. The van der Waals surface area contributed by atoms with Gasteiger partial charge in [0.1, 0.15) is 5.75 Å². The van der Waals surface area contributed by atoms with Gasteiger partial charge in [0, 0.05) is 18.0 Å². The van der Waals surface area contributed by atoms with Crippen molar-refractivity contribution >= 4 is 6.29 Å². The normalized spacial score (nSPS) is 10.2. The molecule has 4 nitrogen and oxygen atoms in total. The fourth-order valence-corrected chi connectivity index (χ4v) is 1.48. The Morgan fingerprint density at radius 3 is 3.00 bits per heavy atom. The van der Waals surface area contributed by atoms with Crippen LogP contribution in [0.25, 0.3) is 5.69 Å². The number of nitrogens with zero attached hydrogens (tertiary/aromatic N) is 2. The molecule has 0 radical (unpaired) electrons. The highest BCUT2D eigenvalue weighted by Crippen LogP contribution is 2.23. The van der Waals surface area contributed by atoms with E-state index < -0.39 is 0 Å². The molecule has 0 saturated heterocycles. The molecule has 0 atom stereocenters. The van der Waals surface area contributed by atoms with Crippen molar-refractivity contribution in [1.82, 2.24) is 9.55 Å². The number of carbonyl (C=O) groups excluding carboxylic acids is 1. The molecule has 0 aliphatic heterocycles. The van der Waals surface area contributed by atoms with Gasteiger partial charge in [0.2, 0.25) is 0 Å². The standard InChI is InChI=1S/C11H10N2O2/c1-8-9(3-2-4-10(8)15)13-6-5-12-11(13)7-14/h2-7,15H,1H3. The van der Waals surface area contributed by atoms with E-state index in [2.05, 4.69) is 4.98 Å². The first-order chi connectivity index (χ1) is 7.24. The minimum atomic E-state index is 0.207. The van der Waals surface area contributed by atoms with Crippen molar-refractivity contribution in [3.8, 4) is 11.4 Å². The first kappa shape index (κ1) is 9.45. The van der Waals surface area contributed by atoms with E-state index in [4.69, 9.17) is 0 Å². The number of imidazole rings is 1. The third-order valence-electron chi connectivity index (χ3n) is 2.31. The molecule has 0 saturated carbocycles. The summed E-state index contributed by atoms with van der Waals surface area (Å²) in [6.07, 6.45) is 3.92. The van der Waals surface area contributed by atoms with Crippen LogP contribution in [0.3, 0.4) is 0 Å². The van der Waals surface area contributed by atoms with Gasteiger partial charge in [0.05, 0.1) is 5.69 Å². The van der Waals surface area contributed by atoms with Crippen LogP contribution in [0.2, 0.25) is 0 Å². The largest absolute Gasteiger partial charge is 0.508 e. The molecular weight excluding hydrogens is 192 g/mol. The van der Waals surface area contributed by atoms with Crippen LogP contribution in [0, 0.1) is 6.92 Å². The van der Waals surface area contributed by atoms with Gasteiger partial charge in [-0.1, -0.05) is 6.07 Å². The van der Waals surface area contributed by atoms with Gasteiger partial charge in [-0.25, -0.2) is 4.98 Å². The average Bonchev–Trinajstić information content (AvgIpc) is 2.70. The Balaban J connectivity index is 2.64. The highest BCUT2D eigenvalue weighted by atomic mass is 16.3. The molecule has 0 spiro atoms. The Kier molecular flexibility index (Phi) is 2.25. The lowest BCUT2D eigenvalue weighted by Gasteiger charge is -2.08. The van der Waals surface area contributed by atoms with Crippen LogP contribution in [0.1, 0.15) is 16.2 Å². The van der Waals surface area contributed by atoms with E-state index in [0.29, 0.717) is 12.1 Å². The molecule has 0 amide bonds. The molecule has 1 N–H and O–H groups in total. The fourth-order valence-electron chi connectivity index (χ4n) is 1.48. The molecule has 0 aliphatic carbocycles. The Morgan fingerprint density at radius 2 is 2.27 bits per heavy atom. The third kappa shape index (κ3) is 1.50. The molecule has 0 fully saturated rings. The summed E-state index contributed by atoms with van der Waals surface area (Å²) in [5.41, 5.74) is 1.48. The highest BCUT2D eigenvalue weighted by molar-refractivity contribution is 5.71. The minimum Gasteiger partial charge on any atom is -0.508 e.